The Morgan fingerprint density at radius 3 is 2.79 bits per heavy atom. The third kappa shape index (κ3) is 2.83. The number of hydrogen-bond donors (Lipinski definition) is 2. The van der Waals surface area contributed by atoms with Crippen molar-refractivity contribution in [3.05, 3.63) is 59.2 Å². The van der Waals surface area contributed by atoms with Crippen LogP contribution in [0, 0.1) is 0 Å². The minimum Gasteiger partial charge on any atom is -0.454 e. The van der Waals surface area contributed by atoms with Crippen molar-refractivity contribution >= 4 is 5.91 Å². The van der Waals surface area contributed by atoms with E-state index in [1.165, 1.54) is 5.56 Å². The lowest BCUT2D eigenvalue weighted by atomic mass is 9.80. The Balaban J connectivity index is 1.42. The Kier molecular flexibility index (Phi) is 3.65. The van der Waals surface area contributed by atoms with E-state index in [0.717, 1.165) is 12.0 Å². The van der Waals surface area contributed by atoms with E-state index < -0.39 is 5.60 Å². The molecule has 0 fully saturated rings. The number of hydrogen-bond acceptors (Lipinski definition) is 4. The zero-order valence-electron chi connectivity index (χ0n) is 13.2. The maximum Gasteiger partial charge on any atom is 0.251 e. The van der Waals surface area contributed by atoms with Crippen LogP contribution in [0.2, 0.25) is 0 Å². The number of nitrogens with one attached hydrogen (secondary N) is 1. The van der Waals surface area contributed by atoms with Gasteiger partial charge in [0.1, 0.15) is 0 Å². The molecule has 0 aromatic heterocycles. The lowest BCUT2D eigenvalue weighted by molar-refractivity contribution is 0.0260. The summed E-state index contributed by atoms with van der Waals surface area (Å²) < 4.78 is 10.5. The normalized spacial score (nSPS) is 21.2. The fourth-order valence-electron chi connectivity index (χ4n) is 3.32. The summed E-state index contributed by atoms with van der Waals surface area (Å²) in [6.07, 6.45) is 2.03. The number of carbonyl (C=O) groups is 1. The molecule has 2 N–H and O–H groups in total. The van der Waals surface area contributed by atoms with Gasteiger partial charge in [0.25, 0.3) is 5.91 Å². The molecule has 1 aliphatic carbocycles. The number of ether oxygens (including phenoxy) is 2. The second-order valence-electron chi connectivity index (χ2n) is 6.42. The number of carbonyl (C=O) groups excluding carboxylic acids is 1. The highest BCUT2D eigenvalue weighted by molar-refractivity contribution is 5.95. The zero-order valence-corrected chi connectivity index (χ0v) is 13.2. The smallest absolute Gasteiger partial charge is 0.251 e. The highest BCUT2D eigenvalue weighted by Crippen LogP contribution is 2.32. The van der Waals surface area contributed by atoms with Crippen LogP contribution in [0.1, 0.15) is 27.9 Å². The third-order valence-corrected chi connectivity index (χ3v) is 4.71. The molecule has 1 aliphatic heterocycles. The molecule has 1 atom stereocenters. The van der Waals surface area contributed by atoms with Gasteiger partial charge in [-0.1, -0.05) is 24.3 Å². The number of amides is 1. The van der Waals surface area contributed by atoms with E-state index in [9.17, 15) is 9.90 Å². The second kappa shape index (κ2) is 5.83. The Bertz CT molecular complexity index is 789. The highest BCUT2D eigenvalue weighted by Gasteiger charge is 2.32. The largest absolute Gasteiger partial charge is 0.454 e. The monoisotopic (exact) mass is 325 g/mol. The molecule has 0 radical (unpaired) electrons. The molecule has 24 heavy (non-hydrogen) atoms. The van der Waals surface area contributed by atoms with Crippen LogP contribution < -0.4 is 14.8 Å². The molecule has 124 valence electrons. The summed E-state index contributed by atoms with van der Waals surface area (Å²) >= 11 is 0. The molecule has 1 amide bonds. The zero-order chi connectivity index (χ0) is 16.6. The summed E-state index contributed by atoms with van der Waals surface area (Å²) in [4.78, 5) is 12.4. The number of aliphatic hydroxyl groups is 1. The fourth-order valence-corrected chi connectivity index (χ4v) is 3.32. The van der Waals surface area contributed by atoms with Crippen molar-refractivity contribution in [1.29, 1.82) is 0 Å². The molecule has 0 saturated heterocycles. The maximum atomic E-state index is 12.4. The maximum absolute atomic E-state index is 12.4. The quantitative estimate of drug-likeness (QED) is 0.906. The van der Waals surface area contributed by atoms with Gasteiger partial charge < -0.3 is 19.9 Å². The summed E-state index contributed by atoms with van der Waals surface area (Å²) in [7, 11) is 0. The van der Waals surface area contributed by atoms with Crippen molar-refractivity contribution in [2.75, 3.05) is 13.3 Å². The molecule has 1 heterocycles. The number of aryl methyl sites for hydroxylation is 1. The van der Waals surface area contributed by atoms with Crippen molar-refractivity contribution in [2.24, 2.45) is 0 Å². The molecule has 0 saturated carbocycles. The van der Waals surface area contributed by atoms with Crippen LogP contribution in [0.3, 0.4) is 0 Å². The minimum atomic E-state index is -0.902. The topological polar surface area (TPSA) is 67.8 Å². The van der Waals surface area contributed by atoms with Gasteiger partial charge in [-0.15, -0.1) is 0 Å². The van der Waals surface area contributed by atoms with E-state index >= 15 is 0 Å². The Morgan fingerprint density at radius 1 is 1.12 bits per heavy atom. The fraction of sp³-hybridized carbons (Fsp3) is 0.316. The molecular weight excluding hydrogens is 306 g/mol. The van der Waals surface area contributed by atoms with Gasteiger partial charge in [0.15, 0.2) is 11.5 Å². The van der Waals surface area contributed by atoms with Gasteiger partial charge in [0, 0.05) is 18.5 Å². The Morgan fingerprint density at radius 2 is 1.92 bits per heavy atom. The summed E-state index contributed by atoms with van der Waals surface area (Å²) in [6, 6.07) is 13.2. The van der Waals surface area contributed by atoms with E-state index in [4.69, 9.17) is 9.47 Å². The highest BCUT2D eigenvalue weighted by atomic mass is 16.7. The standard InChI is InChI=1S/C19H19NO4/c21-18(14-5-6-16-17(9-14)24-12-23-16)20-11-19(22)8-7-13-3-1-2-4-15(13)10-19/h1-6,9,22H,7-8,10-12H2,(H,20,21)/t19-/m0/s1. The number of benzene rings is 2. The van der Waals surface area contributed by atoms with Gasteiger partial charge in [0.2, 0.25) is 6.79 Å². The lowest BCUT2D eigenvalue weighted by Gasteiger charge is -2.33. The van der Waals surface area contributed by atoms with Crippen LogP contribution >= 0.6 is 0 Å². The summed E-state index contributed by atoms with van der Waals surface area (Å²) in [5.74, 6) is 1.00. The van der Waals surface area contributed by atoms with Gasteiger partial charge in [0.05, 0.1) is 5.60 Å². The number of rotatable bonds is 3. The molecule has 2 aromatic carbocycles. The van der Waals surface area contributed by atoms with Crippen molar-refractivity contribution in [3.63, 3.8) is 0 Å². The van der Waals surface area contributed by atoms with Gasteiger partial charge in [-0.25, -0.2) is 0 Å². The first-order valence-electron chi connectivity index (χ1n) is 8.10. The van der Waals surface area contributed by atoms with Gasteiger partial charge >= 0.3 is 0 Å². The molecule has 4 rings (SSSR count). The van der Waals surface area contributed by atoms with E-state index in [0.29, 0.717) is 29.9 Å². The predicted molar refractivity (Wildman–Crippen MR) is 88.3 cm³/mol. The van der Waals surface area contributed by atoms with Crippen LogP contribution in [0.5, 0.6) is 11.5 Å². The molecule has 5 heteroatoms. The average molecular weight is 325 g/mol. The number of fused-ring (bicyclic) bond motifs is 2. The van der Waals surface area contributed by atoms with Crippen molar-refractivity contribution in [2.45, 2.75) is 24.9 Å². The third-order valence-electron chi connectivity index (χ3n) is 4.71. The molecular formula is C19H19NO4. The molecule has 2 aliphatic rings. The van der Waals surface area contributed by atoms with Gasteiger partial charge in [-0.3, -0.25) is 4.79 Å². The van der Waals surface area contributed by atoms with Crippen LogP contribution in [-0.2, 0) is 12.8 Å². The van der Waals surface area contributed by atoms with E-state index in [-0.39, 0.29) is 19.2 Å². The molecule has 0 bridgehead atoms. The lowest BCUT2D eigenvalue weighted by Crippen LogP contribution is -2.46. The van der Waals surface area contributed by atoms with Crippen LogP contribution in [0.25, 0.3) is 0 Å². The van der Waals surface area contributed by atoms with Crippen LogP contribution in [-0.4, -0.2) is 30.0 Å². The van der Waals surface area contributed by atoms with Crippen LogP contribution in [0.4, 0.5) is 0 Å². The van der Waals surface area contributed by atoms with Crippen molar-refractivity contribution in [3.8, 4) is 11.5 Å². The average Bonchev–Trinajstić information content (AvgIpc) is 3.07. The van der Waals surface area contributed by atoms with Gasteiger partial charge in [-0.05, 0) is 42.2 Å². The van der Waals surface area contributed by atoms with Crippen LogP contribution in [0.15, 0.2) is 42.5 Å². The van der Waals surface area contributed by atoms with E-state index in [1.807, 2.05) is 18.2 Å². The van der Waals surface area contributed by atoms with E-state index in [1.54, 1.807) is 18.2 Å². The SMILES string of the molecule is O=C(NC[C@]1(O)CCc2ccccc2C1)c1ccc2c(c1)OCO2. The molecule has 0 spiro atoms. The van der Waals surface area contributed by atoms with Crippen molar-refractivity contribution < 1.29 is 19.4 Å². The summed E-state index contributed by atoms with van der Waals surface area (Å²) in [5, 5.41) is 13.7. The first kappa shape index (κ1) is 15.0. The van der Waals surface area contributed by atoms with E-state index in [2.05, 4.69) is 11.4 Å². The minimum absolute atomic E-state index is 0.180. The second-order valence-corrected chi connectivity index (χ2v) is 6.42. The van der Waals surface area contributed by atoms with Crippen molar-refractivity contribution in [1.82, 2.24) is 5.32 Å². The van der Waals surface area contributed by atoms with Gasteiger partial charge in [-0.2, -0.15) is 0 Å². The Labute approximate surface area is 140 Å². The summed E-state index contributed by atoms with van der Waals surface area (Å²) in [5.41, 5.74) is 2.03. The Hall–Kier alpha value is -2.53. The summed E-state index contributed by atoms with van der Waals surface area (Å²) in [6.45, 7) is 0.411. The molecule has 5 nitrogen and oxygen atoms in total. The predicted octanol–water partition coefficient (Wildman–Crippen LogP) is 2.07. The first-order chi connectivity index (χ1) is 11.6. The molecule has 2 aromatic rings. The first-order valence-corrected chi connectivity index (χ1v) is 8.10. The molecule has 0 unspecified atom stereocenters.